The van der Waals surface area contributed by atoms with E-state index in [1.165, 1.54) is 0 Å². The van der Waals surface area contributed by atoms with Gasteiger partial charge >= 0.3 is 5.97 Å². The second-order valence-corrected chi connectivity index (χ2v) is 9.30. The first kappa shape index (κ1) is 22.5. The smallest absolute Gasteiger partial charge is 0.331 e. The third-order valence-corrected chi connectivity index (χ3v) is 4.16. The van der Waals surface area contributed by atoms with Gasteiger partial charge in [0.2, 0.25) is 5.95 Å². The molecule has 1 aromatic carbocycles. The molecule has 31 heavy (non-hydrogen) atoms. The molecule has 166 valence electrons. The second kappa shape index (κ2) is 8.50. The number of nitrogen functional groups attached to an aromatic ring is 1. The zero-order chi connectivity index (χ0) is 22.8. The van der Waals surface area contributed by atoms with Crippen LogP contribution in [0.1, 0.15) is 41.5 Å². The summed E-state index contributed by atoms with van der Waals surface area (Å²) in [6.45, 7) is 11.4. The quantitative estimate of drug-likeness (QED) is 0.511. The van der Waals surface area contributed by atoms with E-state index >= 15 is 0 Å². The SMILES string of the molecule is CC(C)(C)OC[C@H](Nc1ncc(-c2ccc3[nH]c(N)nc3c2)cn1)C(=O)OC(C)(C)C. The molecule has 0 bridgehead atoms. The van der Waals surface area contributed by atoms with E-state index in [4.69, 9.17) is 15.2 Å². The molecule has 0 amide bonds. The Balaban J connectivity index is 1.76. The molecular formula is C22H30N6O3. The summed E-state index contributed by atoms with van der Waals surface area (Å²) in [5, 5.41) is 3.03. The second-order valence-electron chi connectivity index (χ2n) is 9.30. The average Bonchev–Trinajstić information content (AvgIpc) is 3.02. The molecule has 0 aliphatic heterocycles. The summed E-state index contributed by atoms with van der Waals surface area (Å²) in [4.78, 5) is 28.6. The minimum Gasteiger partial charge on any atom is -0.458 e. The van der Waals surface area contributed by atoms with Gasteiger partial charge < -0.3 is 25.5 Å². The highest BCUT2D eigenvalue weighted by atomic mass is 16.6. The van der Waals surface area contributed by atoms with Crippen LogP contribution in [0.2, 0.25) is 0 Å². The zero-order valence-corrected chi connectivity index (χ0v) is 18.8. The summed E-state index contributed by atoms with van der Waals surface area (Å²) in [7, 11) is 0. The van der Waals surface area contributed by atoms with Gasteiger partial charge in [0.15, 0.2) is 12.0 Å². The van der Waals surface area contributed by atoms with Crippen molar-refractivity contribution >= 4 is 28.9 Å². The summed E-state index contributed by atoms with van der Waals surface area (Å²) >= 11 is 0. The maximum absolute atomic E-state index is 12.7. The van der Waals surface area contributed by atoms with E-state index in [0.29, 0.717) is 11.9 Å². The molecule has 0 fully saturated rings. The maximum Gasteiger partial charge on any atom is 0.331 e. The number of carbonyl (C=O) groups is 1. The molecule has 1 atom stereocenters. The number of esters is 1. The van der Waals surface area contributed by atoms with Crippen molar-refractivity contribution in [3.8, 4) is 11.1 Å². The van der Waals surface area contributed by atoms with Crippen molar-refractivity contribution < 1.29 is 14.3 Å². The molecule has 4 N–H and O–H groups in total. The third kappa shape index (κ3) is 6.39. The fraction of sp³-hybridized carbons (Fsp3) is 0.455. The number of hydrogen-bond donors (Lipinski definition) is 3. The van der Waals surface area contributed by atoms with Crippen LogP contribution >= 0.6 is 0 Å². The standard InChI is InChI=1S/C22H30N6O3/c1-21(2,3)30-12-17(18(29)31-22(4,5)6)28-20-24-10-14(11-25-20)13-7-8-15-16(9-13)27-19(23)26-15/h7-11,17H,12H2,1-6H3,(H3,23,26,27)(H,24,25,28)/t17-/m0/s1. The highest BCUT2D eigenvalue weighted by molar-refractivity contribution is 5.83. The van der Waals surface area contributed by atoms with Crippen LogP contribution in [0.4, 0.5) is 11.9 Å². The Kier molecular flexibility index (Phi) is 6.17. The lowest BCUT2D eigenvalue weighted by Gasteiger charge is -2.27. The molecule has 2 aromatic heterocycles. The first-order valence-electron chi connectivity index (χ1n) is 10.1. The van der Waals surface area contributed by atoms with Gasteiger partial charge in [-0.15, -0.1) is 0 Å². The molecular weight excluding hydrogens is 396 g/mol. The summed E-state index contributed by atoms with van der Waals surface area (Å²) in [6, 6.07) is 5.01. The van der Waals surface area contributed by atoms with E-state index in [-0.39, 0.29) is 6.61 Å². The van der Waals surface area contributed by atoms with E-state index in [9.17, 15) is 4.79 Å². The average molecular weight is 427 g/mol. The molecule has 0 aliphatic carbocycles. The summed E-state index contributed by atoms with van der Waals surface area (Å²) in [5.74, 6) is 0.252. The number of hydrogen-bond acceptors (Lipinski definition) is 8. The van der Waals surface area contributed by atoms with Crippen molar-refractivity contribution in [3.63, 3.8) is 0 Å². The molecule has 0 saturated carbocycles. The highest BCUT2D eigenvalue weighted by Gasteiger charge is 2.28. The van der Waals surface area contributed by atoms with Gasteiger partial charge in [-0.1, -0.05) is 6.07 Å². The van der Waals surface area contributed by atoms with Gasteiger partial charge in [-0.05, 0) is 59.2 Å². The van der Waals surface area contributed by atoms with Crippen molar-refractivity contribution in [1.29, 1.82) is 0 Å². The number of rotatable bonds is 6. The third-order valence-electron chi connectivity index (χ3n) is 4.16. The van der Waals surface area contributed by atoms with Gasteiger partial charge in [-0.3, -0.25) is 0 Å². The van der Waals surface area contributed by atoms with Crippen molar-refractivity contribution in [2.24, 2.45) is 0 Å². The highest BCUT2D eigenvalue weighted by Crippen LogP contribution is 2.23. The van der Waals surface area contributed by atoms with Gasteiger partial charge in [-0.2, -0.15) is 0 Å². The number of nitrogens with two attached hydrogens (primary N) is 1. The van der Waals surface area contributed by atoms with E-state index < -0.39 is 23.2 Å². The van der Waals surface area contributed by atoms with Crippen LogP contribution in [0.25, 0.3) is 22.2 Å². The van der Waals surface area contributed by atoms with E-state index in [2.05, 4.69) is 25.3 Å². The predicted molar refractivity (Wildman–Crippen MR) is 120 cm³/mol. The van der Waals surface area contributed by atoms with Crippen LogP contribution in [0.15, 0.2) is 30.6 Å². The fourth-order valence-corrected chi connectivity index (χ4v) is 2.79. The number of carbonyl (C=O) groups excluding carboxylic acids is 1. The number of H-pyrrole nitrogens is 1. The molecule has 0 radical (unpaired) electrons. The number of aromatic nitrogens is 4. The number of nitrogens with one attached hydrogen (secondary N) is 2. The minimum atomic E-state index is -0.743. The van der Waals surface area contributed by atoms with Crippen LogP contribution in [0, 0.1) is 0 Å². The Hall–Kier alpha value is -3.20. The first-order valence-corrected chi connectivity index (χ1v) is 10.1. The van der Waals surface area contributed by atoms with Crippen molar-refractivity contribution in [2.45, 2.75) is 58.8 Å². The molecule has 0 unspecified atom stereocenters. The minimum absolute atomic E-state index is 0.126. The normalized spacial score (nSPS) is 13.2. The number of benzene rings is 1. The van der Waals surface area contributed by atoms with E-state index in [1.807, 2.05) is 59.7 Å². The lowest BCUT2D eigenvalue weighted by Crippen LogP contribution is -2.41. The number of ether oxygens (including phenoxy) is 2. The summed E-state index contributed by atoms with van der Waals surface area (Å²) < 4.78 is 11.3. The van der Waals surface area contributed by atoms with E-state index in [1.54, 1.807) is 12.4 Å². The number of imidazole rings is 1. The van der Waals surface area contributed by atoms with Gasteiger partial charge in [0, 0.05) is 18.0 Å². The van der Waals surface area contributed by atoms with E-state index in [0.717, 1.165) is 22.2 Å². The lowest BCUT2D eigenvalue weighted by molar-refractivity contribution is -0.158. The van der Waals surface area contributed by atoms with Crippen molar-refractivity contribution in [1.82, 2.24) is 19.9 Å². The Morgan fingerprint density at radius 1 is 1.10 bits per heavy atom. The maximum atomic E-state index is 12.7. The molecule has 2 heterocycles. The Labute approximate surface area is 181 Å². The number of fused-ring (bicyclic) bond motifs is 1. The Morgan fingerprint density at radius 3 is 2.39 bits per heavy atom. The molecule has 9 nitrogen and oxygen atoms in total. The first-order chi connectivity index (χ1) is 14.4. The molecule has 0 spiro atoms. The molecule has 0 aliphatic rings. The topological polar surface area (TPSA) is 128 Å². The van der Waals surface area contributed by atoms with Gasteiger partial charge in [0.25, 0.3) is 0 Å². The lowest BCUT2D eigenvalue weighted by atomic mass is 10.1. The molecule has 3 aromatic rings. The number of nitrogens with zero attached hydrogens (tertiary/aromatic N) is 3. The number of anilines is 2. The van der Waals surface area contributed by atoms with Gasteiger partial charge in [-0.25, -0.2) is 19.7 Å². The zero-order valence-electron chi connectivity index (χ0n) is 18.8. The van der Waals surface area contributed by atoms with Crippen LogP contribution in [-0.2, 0) is 14.3 Å². The van der Waals surface area contributed by atoms with Crippen LogP contribution in [0.3, 0.4) is 0 Å². The Bertz CT molecular complexity index is 1050. The van der Waals surface area contributed by atoms with Crippen LogP contribution in [-0.4, -0.2) is 49.8 Å². The summed E-state index contributed by atoms with van der Waals surface area (Å²) in [5.41, 5.74) is 8.04. The monoisotopic (exact) mass is 426 g/mol. The molecule has 9 heteroatoms. The fourth-order valence-electron chi connectivity index (χ4n) is 2.79. The predicted octanol–water partition coefficient (Wildman–Crippen LogP) is 3.54. The molecule has 3 rings (SSSR count). The summed E-state index contributed by atoms with van der Waals surface area (Å²) in [6.07, 6.45) is 3.37. The van der Waals surface area contributed by atoms with Crippen LogP contribution < -0.4 is 11.1 Å². The van der Waals surface area contributed by atoms with Crippen LogP contribution in [0.5, 0.6) is 0 Å². The van der Waals surface area contributed by atoms with Gasteiger partial charge in [0.1, 0.15) is 5.60 Å². The van der Waals surface area contributed by atoms with Crippen molar-refractivity contribution in [3.05, 3.63) is 30.6 Å². The molecule has 0 saturated heterocycles. The van der Waals surface area contributed by atoms with Gasteiger partial charge in [0.05, 0.1) is 23.2 Å². The number of aromatic amines is 1. The van der Waals surface area contributed by atoms with Crippen molar-refractivity contribution in [2.75, 3.05) is 17.7 Å². The Morgan fingerprint density at radius 2 is 1.77 bits per heavy atom. The largest absolute Gasteiger partial charge is 0.458 e.